The summed E-state index contributed by atoms with van der Waals surface area (Å²) in [6.07, 6.45) is 0. The standard InChI is InChI=1S/C116H100BN5S/c1-112(2,3)76-51-57-100-93(64-76)94-65-77(113(4,5)6)52-58-101(94)119(100)82-53-56-96-105(68-82)122(109-91(71-33-19-16-20-34-71)66-80(116(13,14)15)67-92(109)72-35-21-17-22-36-72)107-70-83(120-98-46-29-25-39-85(98)86-40-26-30-47-99(86)120)69-106-108(107)117(96)95-55-50-73(75-59-78(114(7,8)9)63-79(60-75)115(10,11)12)61-104(95)121(106)102-48-32-44-90-89-43-31-42-84(110(89)123-111(90)102)74-49-54-88-87-41-27-28-45-97(87)118(103(88)62-74)81-37-23-18-24-38-81/h16-70H,1-15H3/i25D,26D,29D,30D,39D,40D,46D,47D. The number of aromatic nitrogens is 3. The molecule has 16 aromatic carbocycles. The lowest BCUT2D eigenvalue weighted by Crippen LogP contribution is -2.61. The number of hydrogen-bond acceptors (Lipinski definition) is 3. The molecule has 0 aliphatic carbocycles. The van der Waals surface area contributed by atoms with E-state index in [9.17, 15) is 11.0 Å². The summed E-state index contributed by atoms with van der Waals surface area (Å²) >= 11 is 1.78. The minimum atomic E-state index is -0.543. The molecule has 0 fully saturated rings. The van der Waals surface area contributed by atoms with Crippen molar-refractivity contribution in [2.24, 2.45) is 0 Å². The van der Waals surface area contributed by atoms with Gasteiger partial charge < -0.3 is 23.5 Å². The van der Waals surface area contributed by atoms with E-state index in [1.54, 1.807) is 15.9 Å². The van der Waals surface area contributed by atoms with E-state index in [0.29, 0.717) is 5.69 Å². The second-order valence-corrected chi connectivity index (χ2v) is 40.2. The summed E-state index contributed by atoms with van der Waals surface area (Å²) in [6.45, 7) is 33.7. The van der Waals surface area contributed by atoms with E-state index in [0.717, 1.165) is 170 Å². The fourth-order valence-corrected chi connectivity index (χ4v) is 21.0. The van der Waals surface area contributed by atoms with Crippen molar-refractivity contribution in [3.63, 3.8) is 0 Å². The molecule has 0 N–H and O–H groups in total. The zero-order valence-electron chi connectivity index (χ0n) is 80.4. The van der Waals surface area contributed by atoms with Crippen molar-refractivity contribution < 1.29 is 11.0 Å². The highest BCUT2D eigenvalue weighted by atomic mass is 32.1. The Morgan fingerprint density at radius 3 is 1.31 bits per heavy atom. The molecule has 4 aromatic heterocycles. The Morgan fingerprint density at radius 1 is 0.252 bits per heavy atom. The summed E-state index contributed by atoms with van der Waals surface area (Å²) < 4.78 is 87.9. The number of hydrogen-bond donors (Lipinski definition) is 0. The third-order valence-corrected chi connectivity index (χ3v) is 27.5. The Labute approximate surface area is 737 Å². The molecule has 2 aliphatic heterocycles. The average molecular weight is 1620 g/mol. The molecule has 0 unspecified atom stereocenters. The first-order valence-corrected chi connectivity index (χ1v) is 44.0. The summed E-state index contributed by atoms with van der Waals surface area (Å²) in [7, 11) is 0. The van der Waals surface area contributed by atoms with Crippen LogP contribution in [0, 0.1) is 0 Å². The van der Waals surface area contributed by atoms with Gasteiger partial charge >= 0.3 is 0 Å². The molecule has 123 heavy (non-hydrogen) atoms. The van der Waals surface area contributed by atoms with Gasteiger partial charge in [0.1, 0.15) is 0 Å². The number of nitrogens with zero attached hydrogens (tertiary/aromatic N) is 5. The Hall–Kier alpha value is -13.2. The number of thiophene rings is 1. The van der Waals surface area contributed by atoms with Gasteiger partial charge in [0.25, 0.3) is 6.71 Å². The van der Waals surface area contributed by atoms with E-state index in [4.69, 9.17) is 0 Å². The predicted octanol–water partition coefficient (Wildman–Crippen LogP) is 30.6. The zero-order chi connectivity index (χ0) is 91.2. The van der Waals surface area contributed by atoms with Crippen LogP contribution in [0.5, 0.6) is 0 Å². The Balaban J connectivity index is 0.927. The smallest absolute Gasteiger partial charge is 0.252 e. The first-order valence-electron chi connectivity index (χ1n) is 47.2. The van der Waals surface area contributed by atoms with Gasteiger partial charge in [-0.1, -0.05) is 328 Å². The van der Waals surface area contributed by atoms with Crippen molar-refractivity contribution in [1.82, 2.24) is 13.7 Å². The number of anilines is 6. The molecule has 0 atom stereocenters. The van der Waals surface area contributed by atoms with Crippen LogP contribution in [0.15, 0.2) is 333 Å². The molecule has 20 aromatic rings. The lowest BCUT2D eigenvalue weighted by Gasteiger charge is -2.45. The molecular formula is C116H100BN5S. The van der Waals surface area contributed by atoms with Gasteiger partial charge in [-0.2, -0.15) is 0 Å². The maximum atomic E-state index is 10.4. The van der Waals surface area contributed by atoms with Crippen molar-refractivity contribution >= 4 is 154 Å². The van der Waals surface area contributed by atoms with Crippen LogP contribution in [0.25, 0.3) is 147 Å². The van der Waals surface area contributed by atoms with Crippen molar-refractivity contribution in [1.29, 1.82) is 0 Å². The van der Waals surface area contributed by atoms with Crippen LogP contribution < -0.4 is 26.2 Å². The number of fused-ring (bicyclic) bond motifs is 16. The molecule has 0 amide bonds. The van der Waals surface area contributed by atoms with Crippen LogP contribution in [0.2, 0.25) is 0 Å². The quantitative estimate of drug-likeness (QED) is 0.134. The fourth-order valence-electron chi connectivity index (χ4n) is 19.7. The van der Waals surface area contributed by atoms with Crippen LogP contribution in [-0.2, 0) is 27.1 Å². The van der Waals surface area contributed by atoms with E-state index in [-0.39, 0.29) is 61.0 Å². The summed E-state index contributed by atoms with van der Waals surface area (Å²) in [5.41, 5.74) is 27.9. The highest BCUT2D eigenvalue weighted by molar-refractivity contribution is 7.27. The predicted molar refractivity (Wildman–Crippen MR) is 532 cm³/mol. The van der Waals surface area contributed by atoms with Gasteiger partial charge in [0, 0.05) is 93.0 Å². The van der Waals surface area contributed by atoms with Crippen LogP contribution >= 0.6 is 11.3 Å². The monoisotopic (exact) mass is 1610 g/mol. The summed E-state index contributed by atoms with van der Waals surface area (Å²) in [5.74, 6) is 0. The van der Waals surface area contributed by atoms with Crippen molar-refractivity contribution in [3.8, 4) is 61.6 Å². The molecule has 5 nitrogen and oxygen atoms in total. The van der Waals surface area contributed by atoms with Crippen LogP contribution in [-0.4, -0.2) is 20.4 Å². The summed E-state index contributed by atoms with van der Waals surface area (Å²) in [6, 6.07) is 102. The number of benzene rings is 16. The van der Waals surface area contributed by atoms with E-state index < -0.39 is 43.0 Å². The van der Waals surface area contributed by atoms with E-state index in [1.807, 2.05) is 0 Å². The topological polar surface area (TPSA) is 21.3 Å². The molecule has 7 heteroatoms. The fraction of sp³-hybridized carbons (Fsp3) is 0.172. The lowest BCUT2D eigenvalue weighted by atomic mass is 9.33. The van der Waals surface area contributed by atoms with Crippen molar-refractivity contribution in [2.45, 2.75) is 131 Å². The second-order valence-electron chi connectivity index (χ2n) is 39.2. The molecule has 6 heterocycles. The normalized spacial score (nSPS) is 14.2. The third kappa shape index (κ3) is 12.2. The van der Waals surface area contributed by atoms with Gasteiger partial charge in [-0.05, 0) is 214 Å². The lowest BCUT2D eigenvalue weighted by molar-refractivity contribution is 0.569. The van der Waals surface area contributed by atoms with E-state index >= 15 is 0 Å². The highest BCUT2D eigenvalue weighted by Gasteiger charge is 2.46. The first kappa shape index (κ1) is 67.5. The maximum absolute atomic E-state index is 10.4. The third-order valence-electron chi connectivity index (χ3n) is 26.2. The van der Waals surface area contributed by atoms with E-state index in [2.05, 4.69) is 408 Å². The molecule has 0 spiro atoms. The molecule has 0 saturated carbocycles. The molecule has 598 valence electrons. The van der Waals surface area contributed by atoms with Crippen LogP contribution in [0.4, 0.5) is 34.1 Å². The van der Waals surface area contributed by atoms with Gasteiger partial charge in [0.2, 0.25) is 0 Å². The molecular weight excluding hydrogens is 1510 g/mol. The van der Waals surface area contributed by atoms with Gasteiger partial charge in [0.05, 0.1) is 65.8 Å². The Morgan fingerprint density at radius 2 is 0.715 bits per heavy atom. The van der Waals surface area contributed by atoms with Gasteiger partial charge in [-0.3, -0.25) is 0 Å². The summed E-state index contributed by atoms with van der Waals surface area (Å²) in [4.78, 5) is 4.98. The molecule has 0 bridgehead atoms. The average Bonchev–Trinajstić information content (AvgIpc) is 1.65. The van der Waals surface area contributed by atoms with Crippen molar-refractivity contribution in [2.75, 3.05) is 9.80 Å². The van der Waals surface area contributed by atoms with Crippen LogP contribution in [0.1, 0.15) is 143 Å². The van der Waals surface area contributed by atoms with Gasteiger partial charge in [-0.25, -0.2) is 0 Å². The molecule has 2 aliphatic rings. The molecule has 0 saturated heterocycles. The Kier molecular flexibility index (Phi) is 15.2. The number of rotatable bonds is 9. The SMILES string of the molecule is [2H]c1c([2H])c([2H])c2c(c1[2H])c1c([2H])c([2H])c([2H])c([2H])c1n2-c1cc2c3c(c1)N(c1cccc4c1sc1c(-c5ccc6c7ccccc7n(-c7ccccc7)c6c5)cccc14)c1cc(-c4cc(C(C)(C)C)cc(C(C)(C)C)c4)ccc1B3c1ccc(-n3c4ccc(C(C)(C)C)cc4c4cc(C(C)(C)C)ccc43)cc1N2c1c(-c2ccccc2)cc(C(C)(C)C)cc1-c1ccccc1. The maximum Gasteiger partial charge on any atom is 0.252 e. The largest absolute Gasteiger partial charge is 0.310 e. The summed E-state index contributed by atoms with van der Waals surface area (Å²) in [5, 5.41) is 6.78. The number of para-hydroxylation sites is 4. The zero-order valence-corrected chi connectivity index (χ0v) is 73.2. The molecule has 0 radical (unpaired) electrons. The first-order chi connectivity index (χ1) is 62.5. The molecule has 22 rings (SSSR count). The van der Waals surface area contributed by atoms with Crippen LogP contribution in [0.3, 0.4) is 0 Å². The van der Waals surface area contributed by atoms with Gasteiger partial charge in [0.15, 0.2) is 0 Å². The van der Waals surface area contributed by atoms with Crippen molar-refractivity contribution in [3.05, 3.63) is 361 Å². The Bertz CT molecular complexity index is 8050. The minimum absolute atomic E-state index is 0.00881. The van der Waals surface area contributed by atoms with E-state index in [1.165, 1.54) is 27.6 Å². The van der Waals surface area contributed by atoms with Gasteiger partial charge in [-0.15, -0.1) is 11.3 Å². The highest BCUT2D eigenvalue weighted by Crippen LogP contribution is 2.56. The minimum Gasteiger partial charge on any atom is -0.310 e. The second kappa shape index (κ2) is 27.7.